The van der Waals surface area contributed by atoms with E-state index in [2.05, 4.69) is 5.32 Å². The van der Waals surface area contributed by atoms with Crippen LogP contribution in [0.5, 0.6) is 0 Å². The molecular formula is C12H16Cl2N2O3. The van der Waals surface area contributed by atoms with Crippen molar-refractivity contribution in [2.75, 3.05) is 11.9 Å². The average molecular weight is 307 g/mol. The predicted octanol–water partition coefficient (Wildman–Crippen LogP) is 3.72. The van der Waals surface area contributed by atoms with Crippen LogP contribution in [-0.4, -0.2) is 22.7 Å². The van der Waals surface area contributed by atoms with Gasteiger partial charge in [0.05, 0.1) is 27.3 Å². The van der Waals surface area contributed by atoms with Crippen LogP contribution in [0.3, 0.4) is 0 Å². The van der Waals surface area contributed by atoms with Gasteiger partial charge in [-0.2, -0.15) is 0 Å². The molecule has 7 heteroatoms. The number of nitro benzene ring substituents is 1. The Hall–Kier alpha value is -1.04. The number of aliphatic hydroxyl groups excluding tert-OH is 1. The number of rotatable bonds is 6. The standard InChI is InChI=1S/C12H16Cl2N2O3/c1-7(2)3-8(6-17)15-12-10(13)4-9(16(18)19)5-11(12)14/h4-5,7-8,15,17H,3,6H2,1-2H3. The van der Waals surface area contributed by atoms with Gasteiger partial charge in [-0.1, -0.05) is 37.0 Å². The molecule has 1 aromatic carbocycles. The fourth-order valence-corrected chi connectivity index (χ4v) is 2.34. The molecule has 0 aliphatic carbocycles. The Morgan fingerprint density at radius 1 is 1.37 bits per heavy atom. The minimum Gasteiger partial charge on any atom is -0.394 e. The smallest absolute Gasteiger partial charge is 0.272 e. The van der Waals surface area contributed by atoms with Gasteiger partial charge in [-0.05, 0) is 12.3 Å². The lowest BCUT2D eigenvalue weighted by molar-refractivity contribution is -0.384. The van der Waals surface area contributed by atoms with Crippen molar-refractivity contribution in [3.8, 4) is 0 Å². The molecule has 5 nitrogen and oxygen atoms in total. The summed E-state index contributed by atoms with van der Waals surface area (Å²) in [5.41, 5.74) is 0.249. The summed E-state index contributed by atoms with van der Waals surface area (Å²) in [5.74, 6) is 0.389. The topological polar surface area (TPSA) is 75.4 Å². The van der Waals surface area contributed by atoms with Gasteiger partial charge < -0.3 is 10.4 Å². The first-order valence-corrected chi connectivity index (χ1v) is 6.61. The maximum Gasteiger partial charge on any atom is 0.272 e. The van der Waals surface area contributed by atoms with E-state index in [0.29, 0.717) is 11.6 Å². The molecule has 106 valence electrons. The molecule has 0 amide bonds. The van der Waals surface area contributed by atoms with Crippen LogP contribution in [0.4, 0.5) is 11.4 Å². The molecule has 0 aliphatic heterocycles. The van der Waals surface area contributed by atoms with Crippen molar-refractivity contribution in [2.45, 2.75) is 26.3 Å². The molecule has 0 bridgehead atoms. The van der Waals surface area contributed by atoms with E-state index in [-0.39, 0.29) is 28.4 Å². The predicted molar refractivity (Wildman–Crippen MR) is 77.1 cm³/mol. The van der Waals surface area contributed by atoms with Crippen LogP contribution in [0.1, 0.15) is 20.3 Å². The number of nitrogens with one attached hydrogen (secondary N) is 1. The Kier molecular flexibility index (Phi) is 5.85. The van der Waals surface area contributed by atoms with Gasteiger partial charge in [-0.25, -0.2) is 0 Å². The number of anilines is 1. The van der Waals surface area contributed by atoms with Gasteiger partial charge >= 0.3 is 0 Å². The molecule has 1 aromatic rings. The van der Waals surface area contributed by atoms with E-state index in [1.54, 1.807) is 0 Å². The maximum absolute atomic E-state index is 10.7. The molecule has 1 rings (SSSR count). The number of aliphatic hydroxyl groups is 1. The second kappa shape index (κ2) is 6.93. The first-order valence-electron chi connectivity index (χ1n) is 5.86. The molecule has 0 saturated heterocycles. The third-order valence-electron chi connectivity index (χ3n) is 2.56. The average Bonchev–Trinajstić information content (AvgIpc) is 2.31. The lowest BCUT2D eigenvalue weighted by Crippen LogP contribution is -2.25. The summed E-state index contributed by atoms with van der Waals surface area (Å²) in [5, 5.41) is 23.3. The van der Waals surface area contributed by atoms with E-state index >= 15 is 0 Å². The third kappa shape index (κ3) is 4.53. The summed E-state index contributed by atoms with van der Waals surface area (Å²) < 4.78 is 0. The van der Waals surface area contributed by atoms with Crippen molar-refractivity contribution in [3.63, 3.8) is 0 Å². The Morgan fingerprint density at radius 3 is 2.26 bits per heavy atom. The molecule has 0 aliphatic rings. The summed E-state index contributed by atoms with van der Waals surface area (Å²) in [7, 11) is 0. The van der Waals surface area contributed by atoms with Crippen molar-refractivity contribution in [1.29, 1.82) is 0 Å². The maximum atomic E-state index is 10.7. The Labute approximate surface area is 121 Å². The number of nitrogens with zero attached hydrogens (tertiary/aromatic N) is 1. The number of hydrogen-bond donors (Lipinski definition) is 2. The van der Waals surface area contributed by atoms with Crippen LogP contribution < -0.4 is 5.32 Å². The van der Waals surface area contributed by atoms with Crippen molar-refractivity contribution < 1.29 is 10.0 Å². The molecule has 0 heterocycles. The monoisotopic (exact) mass is 306 g/mol. The van der Waals surface area contributed by atoms with Gasteiger partial charge in [-0.15, -0.1) is 0 Å². The van der Waals surface area contributed by atoms with Crippen LogP contribution in [0.2, 0.25) is 10.0 Å². The quantitative estimate of drug-likeness (QED) is 0.620. The molecule has 0 radical (unpaired) electrons. The summed E-state index contributed by atoms with van der Waals surface area (Å²) in [6.45, 7) is 3.99. The van der Waals surface area contributed by atoms with Crippen LogP contribution in [0.25, 0.3) is 0 Å². The SMILES string of the molecule is CC(C)CC(CO)Nc1c(Cl)cc([N+](=O)[O-])cc1Cl. The highest BCUT2D eigenvalue weighted by Gasteiger charge is 2.17. The van der Waals surface area contributed by atoms with Crippen LogP contribution in [-0.2, 0) is 0 Å². The zero-order valence-electron chi connectivity index (χ0n) is 10.7. The van der Waals surface area contributed by atoms with Gasteiger partial charge in [0.15, 0.2) is 0 Å². The van der Waals surface area contributed by atoms with E-state index in [1.807, 2.05) is 13.8 Å². The minimum atomic E-state index is -0.556. The summed E-state index contributed by atoms with van der Waals surface area (Å²) in [6.07, 6.45) is 0.736. The van der Waals surface area contributed by atoms with Gasteiger partial charge in [0.1, 0.15) is 0 Å². The molecule has 19 heavy (non-hydrogen) atoms. The van der Waals surface area contributed by atoms with Crippen molar-refractivity contribution in [1.82, 2.24) is 0 Å². The first kappa shape index (κ1) is 16.0. The normalized spacial score (nSPS) is 12.5. The van der Waals surface area contributed by atoms with Crippen molar-refractivity contribution >= 4 is 34.6 Å². The number of non-ortho nitro benzene ring substituents is 1. The zero-order valence-corrected chi connectivity index (χ0v) is 12.2. The Bertz CT molecular complexity index is 443. The molecule has 0 fully saturated rings. The van der Waals surface area contributed by atoms with E-state index in [0.717, 1.165) is 6.42 Å². The van der Waals surface area contributed by atoms with E-state index < -0.39 is 4.92 Å². The minimum absolute atomic E-state index is 0.0676. The van der Waals surface area contributed by atoms with Crippen LogP contribution >= 0.6 is 23.2 Å². The van der Waals surface area contributed by atoms with Crippen LogP contribution in [0.15, 0.2) is 12.1 Å². The first-order chi connectivity index (χ1) is 8.85. The van der Waals surface area contributed by atoms with Gasteiger partial charge in [-0.3, -0.25) is 10.1 Å². The molecular weight excluding hydrogens is 291 g/mol. The summed E-state index contributed by atoms with van der Waals surface area (Å²) >= 11 is 12.0. The number of nitro groups is 1. The Balaban J connectivity index is 2.97. The third-order valence-corrected chi connectivity index (χ3v) is 3.16. The highest BCUT2D eigenvalue weighted by molar-refractivity contribution is 6.39. The highest BCUT2D eigenvalue weighted by Crippen LogP contribution is 2.35. The Morgan fingerprint density at radius 2 is 1.89 bits per heavy atom. The molecule has 0 saturated carbocycles. The summed E-state index contributed by atoms with van der Waals surface area (Å²) in [6, 6.07) is 2.27. The fourth-order valence-electron chi connectivity index (χ4n) is 1.76. The lowest BCUT2D eigenvalue weighted by atomic mass is 10.0. The van der Waals surface area contributed by atoms with Crippen molar-refractivity contribution in [2.24, 2.45) is 5.92 Å². The van der Waals surface area contributed by atoms with E-state index in [4.69, 9.17) is 23.2 Å². The number of benzene rings is 1. The lowest BCUT2D eigenvalue weighted by Gasteiger charge is -2.21. The van der Waals surface area contributed by atoms with Crippen molar-refractivity contribution in [3.05, 3.63) is 32.3 Å². The molecule has 1 unspecified atom stereocenters. The van der Waals surface area contributed by atoms with Crippen LogP contribution in [0, 0.1) is 16.0 Å². The van der Waals surface area contributed by atoms with Gasteiger partial charge in [0.25, 0.3) is 5.69 Å². The largest absolute Gasteiger partial charge is 0.394 e. The highest BCUT2D eigenvalue weighted by atomic mass is 35.5. The molecule has 1 atom stereocenters. The second-order valence-corrected chi connectivity index (χ2v) is 5.51. The number of halogens is 2. The second-order valence-electron chi connectivity index (χ2n) is 4.69. The number of hydrogen-bond acceptors (Lipinski definition) is 4. The van der Waals surface area contributed by atoms with E-state index in [1.165, 1.54) is 12.1 Å². The van der Waals surface area contributed by atoms with Gasteiger partial charge in [0, 0.05) is 18.2 Å². The fraction of sp³-hybridized carbons (Fsp3) is 0.500. The zero-order chi connectivity index (χ0) is 14.6. The molecule has 0 aromatic heterocycles. The molecule has 0 spiro atoms. The summed E-state index contributed by atoms with van der Waals surface area (Å²) in [4.78, 5) is 10.1. The van der Waals surface area contributed by atoms with E-state index in [9.17, 15) is 15.2 Å². The van der Waals surface area contributed by atoms with Gasteiger partial charge in [0.2, 0.25) is 0 Å². The molecule has 2 N–H and O–H groups in total.